The molecule has 0 unspecified atom stereocenters. The van der Waals surface area contributed by atoms with E-state index in [0.717, 1.165) is 33.2 Å². The van der Waals surface area contributed by atoms with Crippen molar-refractivity contribution in [2.75, 3.05) is 6.61 Å². The van der Waals surface area contributed by atoms with E-state index < -0.39 is 6.04 Å². The zero-order chi connectivity index (χ0) is 24.2. The fourth-order valence-electron chi connectivity index (χ4n) is 4.19. The summed E-state index contributed by atoms with van der Waals surface area (Å²) in [5.41, 5.74) is 5.92. The van der Waals surface area contributed by atoms with Gasteiger partial charge in [-0.2, -0.15) is 0 Å². The number of amidine groups is 1. The van der Waals surface area contributed by atoms with Crippen molar-refractivity contribution < 1.29 is 14.3 Å². The minimum Gasteiger partial charge on any atom is -0.463 e. The molecule has 0 fully saturated rings. The molecule has 34 heavy (non-hydrogen) atoms. The van der Waals surface area contributed by atoms with Gasteiger partial charge in [0.15, 0.2) is 5.17 Å². The number of nitrogens with zero attached hydrogens (tertiary/aromatic N) is 3. The van der Waals surface area contributed by atoms with Gasteiger partial charge in [0.25, 0.3) is 0 Å². The van der Waals surface area contributed by atoms with E-state index in [2.05, 4.69) is 16.4 Å². The number of thioether (sulfide) groups is 1. The molecule has 0 saturated carbocycles. The van der Waals surface area contributed by atoms with Crippen LogP contribution in [0, 0.1) is 13.8 Å². The van der Waals surface area contributed by atoms with E-state index in [1.165, 1.54) is 11.8 Å². The van der Waals surface area contributed by atoms with Crippen LogP contribution in [0.2, 0.25) is 0 Å². The first-order chi connectivity index (χ1) is 16.4. The van der Waals surface area contributed by atoms with Crippen LogP contribution in [0.25, 0.3) is 0 Å². The average molecular weight is 477 g/mol. The zero-order valence-corrected chi connectivity index (χ0v) is 20.6. The summed E-state index contributed by atoms with van der Waals surface area (Å²) < 4.78 is 5.41. The first kappa shape index (κ1) is 23.8. The van der Waals surface area contributed by atoms with Crippen LogP contribution in [-0.4, -0.2) is 33.5 Å². The van der Waals surface area contributed by atoms with Crippen LogP contribution in [-0.2, 0) is 20.9 Å². The molecule has 8 heteroatoms. The number of fused-ring (bicyclic) bond motifs is 1. The van der Waals surface area contributed by atoms with Gasteiger partial charge in [0.05, 0.1) is 42.6 Å². The minimum absolute atomic E-state index is 0.123. The van der Waals surface area contributed by atoms with Crippen LogP contribution >= 0.6 is 11.8 Å². The van der Waals surface area contributed by atoms with E-state index in [1.54, 1.807) is 13.1 Å². The van der Waals surface area contributed by atoms with Gasteiger partial charge in [0, 0.05) is 11.9 Å². The van der Waals surface area contributed by atoms with Crippen molar-refractivity contribution in [2.45, 2.75) is 46.7 Å². The first-order valence-electron chi connectivity index (χ1n) is 11.2. The summed E-state index contributed by atoms with van der Waals surface area (Å²) in [5, 5.41) is 5.63. The van der Waals surface area contributed by atoms with E-state index in [9.17, 15) is 9.59 Å². The van der Waals surface area contributed by atoms with E-state index in [0.29, 0.717) is 17.8 Å². The third-order valence-electron chi connectivity index (χ3n) is 5.75. The second kappa shape index (κ2) is 10.3. The first-order valence-corrected chi connectivity index (χ1v) is 12.1. The average Bonchev–Trinajstić information content (AvgIpc) is 3.19. The van der Waals surface area contributed by atoms with E-state index >= 15 is 0 Å². The maximum atomic E-state index is 13.1. The highest BCUT2D eigenvalue weighted by atomic mass is 32.2. The highest BCUT2D eigenvalue weighted by Gasteiger charge is 2.41. The molecular formula is C26H28N4O3S. The molecule has 2 aliphatic rings. The van der Waals surface area contributed by atoms with E-state index in [1.807, 2.05) is 61.4 Å². The summed E-state index contributed by atoms with van der Waals surface area (Å²) in [4.78, 5) is 36.8. The fraction of sp³-hybridized carbons (Fsp3) is 0.308. The smallest absolute Gasteiger partial charge is 0.338 e. The molecule has 1 amide bonds. The maximum absolute atomic E-state index is 13.1. The number of rotatable bonds is 7. The lowest BCUT2D eigenvalue weighted by Gasteiger charge is -2.37. The van der Waals surface area contributed by atoms with Crippen molar-refractivity contribution in [2.24, 2.45) is 4.99 Å². The summed E-state index contributed by atoms with van der Waals surface area (Å²) >= 11 is 1.46. The third-order valence-corrected chi connectivity index (χ3v) is 6.64. The lowest BCUT2D eigenvalue weighted by atomic mass is 9.90. The summed E-state index contributed by atoms with van der Waals surface area (Å²) in [7, 11) is 0. The normalized spacial score (nSPS) is 17.2. The van der Waals surface area contributed by atoms with Gasteiger partial charge in [0.2, 0.25) is 5.91 Å². The van der Waals surface area contributed by atoms with Crippen LogP contribution in [0.4, 0.5) is 0 Å². The van der Waals surface area contributed by atoms with E-state index in [4.69, 9.17) is 9.73 Å². The minimum atomic E-state index is -0.419. The lowest BCUT2D eigenvalue weighted by Crippen LogP contribution is -2.38. The maximum Gasteiger partial charge on any atom is 0.338 e. The number of benzene rings is 1. The summed E-state index contributed by atoms with van der Waals surface area (Å²) in [6.07, 6.45) is 1.86. The van der Waals surface area contributed by atoms with Crippen molar-refractivity contribution in [3.63, 3.8) is 0 Å². The van der Waals surface area contributed by atoms with Crippen LogP contribution in [0.1, 0.15) is 48.7 Å². The number of nitrogens with one attached hydrogen (secondary N) is 1. The standard InChI is InChI=1S/C26H28N4O3S/c1-5-33-25(32)23-18(4)29-26-30(24(23)21-10-9-16(2)12-17(21)3)20(15-34-26)13-22(31)28-14-19-8-6-7-11-27-19/h6-12,15,24H,5,13-14H2,1-4H3,(H,28,31)/t24-/m0/s1. The number of pyridine rings is 1. The Morgan fingerprint density at radius 1 is 1.18 bits per heavy atom. The molecule has 2 aliphatic heterocycles. The highest BCUT2D eigenvalue weighted by Crippen LogP contribution is 2.45. The molecule has 1 aromatic heterocycles. The molecule has 1 N–H and O–H groups in total. The summed E-state index contributed by atoms with van der Waals surface area (Å²) in [6, 6.07) is 11.4. The topological polar surface area (TPSA) is 83.9 Å². The number of amides is 1. The van der Waals surface area contributed by atoms with Gasteiger partial charge in [-0.1, -0.05) is 41.6 Å². The Morgan fingerprint density at radius 2 is 2.00 bits per heavy atom. The van der Waals surface area contributed by atoms with Crippen LogP contribution < -0.4 is 5.32 Å². The van der Waals surface area contributed by atoms with Gasteiger partial charge >= 0.3 is 5.97 Å². The molecular weight excluding hydrogens is 448 g/mol. The van der Waals surface area contributed by atoms with Crippen molar-refractivity contribution in [1.82, 2.24) is 15.2 Å². The molecule has 0 spiro atoms. The van der Waals surface area contributed by atoms with Crippen molar-refractivity contribution in [1.29, 1.82) is 0 Å². The monoisotopic (exact) mass is 476 g/mol. The lowest BCUT2D eigenvalue weighted by molar-refractivity contribution is -0.139. The molecule has 1 aromatic carbocycles. The molecule has 1 atom stereocenters. The van der Waals surface area contributed by atoms with Crippen LogP contribution in [0.3, 0.4) is 0 Å². The summed E-state index contributed by atoms with van der Waals surface area (Å²) in [5.74, 6) is -0.509. The second-order valence-electron chi connectivity index (χ2n) is 8.25. The highest BCUT2D eigenvalue weighted by molar-refractivity contribution is 8.16. The SMILES string of the molecule is CCOC(=O)C1=C(C)N=C2SC=C(CC(=O)NCc3ccccn3)N2[C@H]1c1ccc(C)cc1C. The Labute approximate surface area is 204 Å². The molecule has 4 rings (SSSR count). The van der Waals surface area contributed by atoms with Gasteiger partial charge in [-0.15, -0.1) is 0 Å². The number of hydrogen-bond acceptors (Lipinski definition) is 7. The molecule has 0 aliphatic carbocycles. The number of carbonyl (C=O) groups excluding carboxylic acids is 2. The number of aryl methyl sites for hydroxylation is 2. The number of esters is 1. The summed E-state index contributed by atoms with van der Waals surface area (Å²) in [6.45, 7) is 8.35. The van der Waals surface area contributed by atoms with Gasteiger partial charge in [0.1, 0.15) is 0 Å². The van der Waals surface area contributed by atoms with E-state index in [-0.39, 0.29) is 24.9 Å². The van der Waals surface area contributed by atoms with Gasteiger partial charge < -0.3 is 15.0 Å². The predicted molar refractivity (Wildman–Crippen MR) is 134 cm³/mol. The fourth-order valence-corrected chi connectivity index (χ4v) is 5.15. The molecule has 0 radical (unpaired) electrons. The van der Waals surface area contributed by atoms with Crippen molar-refractivity contribution in [3.05, 3.63) is 87.4 Å². The zero-order valence-electron chi connectivity index (χ0n) is 19.8. The Bertz CT molecular complexity index is 1200. The molecule has 7 nitrogen and oxygen atoms in total. The Morgan fingerprint density at radius 3 is 2.71 bits per heavy atom. The molecule has 0 bridgehead atoms. The van der Waals surface area contributed by atoms with Gasteiger partial charge in [-0.05, 0) is 56.4 Å². The second-order valence-corrected chi connectivity index (χ2v) is 9.08. The Balaban J connectivity index is 1.64. The molecule has 176 valence electrons. The number of hydrogen-bond donors (Lipinski definition) is 1. The van der Waals surface area contributed by atoms with Crippen molar-refractivity contribution >= 4 is 28.8 Å². The predicted octanol–water partition coefficient (Wildman–Crippen LogP) is 4.54. The van der Waals surface area contributed by atoms with Crippen LogP contribution in [0.15, 0.2) is 70.0 Å². The van der Waals surface area contributed by atoms with Gasteiger partial charge in [-0.25, -0.2) is 9.79 Å². The number of aromatic nitrogens is 1. The molecule has 2 aromatic rings. The number of ether oxygens (including phenoxy) is 1. The Hall–Kier alpha value is -3.39. The largest absolute Gasteiger partial charge is 0.463 e. The molecule has 3 heterocycles. The third kappa shape index (κ3) is 4.92. The number of carbonyl (C=O) groups is 2. The Kier molecular flexibility index (Phi) is 7.17. The number of aliphatic imine (C=N–C) groups is 1. The molecule has 0 saturated heterocycles. The van der Waals surface area contributed by atoms with Crippen molar-refractivity contribution in [3.8, 4) is 0 Å². The number of allylic oxidation sites excluding steroid dienone is 1. The quantitative estimate of drug-likeness (QED) is 0.591. The van der Waals surface area contributed by atoms with Gasteiger partial charge in [-0.3, -0.25) is 9.78 Å². The van der Waals surface area contributed by atoms with Crippen LogP contribution in [0.5, 0.6) is 0 Å².